The second-order valence-corrected chi connectivity index (χ2v) is 4.01. The van der Waals surface area contributed by atoms with Crippen LogP contribution in [0.25, 0.3) is 0 Å². The average Bonchev–Trinajstić information content (AvgIpc) is 2.34. The number of hydrogen-bond acceptors (Lipinski definition) is 3. The quantitative estimate of drug-likeness (QED) is 0.561. The lowest BCUT2D eigenvalue weighted by molar-refractivity contribution is 0.0504. The van der Waals surface area contributed by atoms with Gasteiger partial charge in [0.1, 0.15) is 11.5 Å². The van der Waals surface area contributed by atoms with Crippen LogP contribution in [0.3, 0.4) is 0 Å². The van der Waals surface area contributed by atoms with E-state index in [1.165, 1.54) is 5.57 Å². The van der Waals surface area contributed by atoms with Gasteiger partial charge in [0.25, 0.3) is 0 Å². The summed E-state index contributed by atoms with van der Waals surface area (Å²) >= 11 is 0. The highest BCUT2D eigenvalue weighted by Crippen LogP contribution is 2.25. The maximum Gasteiger partial charge on any atom is 0.188 e. The van der Waals surface area contributed by atoms with Gasteiger partial charge in [0.15, 0.2) is 6.79 Å². The second kappa shape index (κ2) is 6.97. The number of benzene rings is 1. The van der Waals surface area contributed by atoms with Gasteiger partial charge in [-0.3, -0.25) is 0 Å². The van der Waals surface area contributed by atoms with Crippen molar-refractivity contribution in [2.75, 3.05) is 21.0 Å². The molecule has 0 amide bonds. The number of methoxy groups -OCH3 is 2. The highest BCUT2D eigenvalue weighted by molar-refractivity contribution is 5.41. The van der Waals surface area contributed by atoms with Crippen molar-refractivity contribution in [2.24, 2.45) is 0 Å². The van der Waals surface area contributed by atoms with E-state index in [4.69, 9.17) is 14.2 Å². The van der Waals surface area contributed by atoms with E-state index in [9.17, 15) is 0 Å². The van der Waals surface area contributed by atoms with Gasteiger partial charge in [-0.2, -0.15) is 0 Å². The van der Waals surface area contributed by atoms with Crippen LogP contribution in [0, 0.1) is 0 Å². The van der Waals surface area contributed by atoms with E-state index in [2.05, 4.69) is 19.9 Å². The smallest absolute Gasteiger partial charge is 0.188 e. The molecule has 0 aromatic heterocycles. The first kappa shape index (κ1) is 13.6. The lowest BCUT2D eigenvalue weighted by atomic mass is 10.1. The molecule has 3 nitrogen and oxygen atoms in total. The van der Waals surface area contributed by atoms with Crippen molar-refractivity contribution in [1.29, 1.82) is 0 Å². The van der Waals surface area contributed by atoms with Crippen molar-refractivity contribution < 1.29 is 14.2 Å². The maximum absolute atomic E-state index is 5.53. The molecule has 0 spiro atoms. The van der Waals surface area contributed by atoms with Gasteiger partial charge in [0.2, 0.25) is 0 Å². The number of rotatable bonds is 6. The fourth-order valence-electron chi connectivity index (χ4n) is 1.40. The van der Waals surface area contributed by atoms with Crippen LogP contribution >= 0.6 is 0 Å². The van der Waals surface area contributed by atoms with Crippen LogP contribution in [0.1, 0.15) is 19.4 Å². The average molecular weight is 236 g/mol. The first-order valence-corrected chi connectivity index (χ1v) is 5.59. The summed E-state index contributed by atoms with van der Waals surface area (Å²) in [5, 5.41) is 0. The van der Waals surface area contributed by atoms with E-state index >= 15 is 0 Å². The second-order valence-electron chi connectivity index (χ2n) is 4.01. The van der Waals surface area contributed by atoms with E-state index in [0.29, 0.717) is 0 Å². The predicted molar refractivity (Wildman–Crippen MR) is 68.6 cm³/mol. The Hall–Kier alpha value is -1.48. The molecule has 0 aliphatic rings. The van der Waals surface area contributed by atoms with Crippen LogP contribution in [0.15, 0.2) is 29.8 Å². The molecule has 0 heterocycles. The van der Waals surface area contributed by atoms with Gasteiger partial charge in [0.05, 0.1) is 7.11 Å². The van der Waals surface area contributed by atoms with E-state index in [1.807, 2.05) is 18.2 Å². The molecule has 0 saturated heterocycles. The minimum atomic E-state index is 0.245. The van der Waals surface area contributed by atoms with Crippen LogP contribution in [-0.2, 0) is 11.2 Å². The highest BCUT2D eigenvalue weighted by Gasteiger charge is 2.04. The van der Waals surface area contributed by atoms with E-state index < -0.39 is 0 Å². The molecule has 0 saturated carbocycles. The van der Waals surface area contributed by atoms with Gasteiger partial charge in [-0.25, -0.2) is 0 Å². The standard InChI is InChI=1S/C14H20O3/c1-11(2)5-6-12-7-8-13(16-4)9-14(12)17-10-15-3/h5,7-9H,6,10H2,1-4H3. The van der Waals surface area contributed by atoms with Gasteiger partial charge >= 0.3 is 0 Å². The zero-order valence-corrected chi connectivity index (χ0v) is 10.9. The van der Waals surface area contributed by atoms with Crippen LogP contribution in [0.4, 0.5) is 0 Å². The Bertz CT molecular complexity index is 379. The molecule has 0 fully saturated rings. The van der Waals surface area contributed by atoms with Gasteiger partial charge in [0, 0.05) is 13.2 Å². The van der Waals surface area contributed by atoms with E-state index in [-0.39, 0.29) is 6.79 Å². The summed E-state index contributed by atoms with van der Waals surface area (Å²) < 4.78 is 15.6. The van der Waals surface area contributed by atoms with Crippen molar-refractivity contribution >= 4 is 0 Å². The molecule has 1 aromatic carbocycles. The van der Waals surface area contributed by atoms with Crippen molar-refractivity contribution in [2.45, 2.75) is 20.3 Å². The summed E-state index contributed by atoms with van der Waals surface area (Å²) in [4.78, 5) is 0. The minimum Gasteiger partial charge on any atom is -0.497 e. The first-order chi connectivity index (χ1) is 8.17. The Kier molecular flexibility index (Phi) is 5.57. The third-order valence-electron chi connectivity index (χ3n) is 2.34. The summed E-state index contributed by atoms with van der Waals surface area (Å²) in [6, 6.07) is 5.84. The molecule has 0 unspecified atom stereocenters. The first-order valence-electron chi connectivity index (χ1n) is 5.59. The Balaban J connectivity index is 2.89. The third-order valence-corrected chi connectivity index (χ3v) is 2.34. The molecule has 0 aliphatic carbocycles. The fraction of sp³-hybridized carbons (Fsp3) is 0.429. The Labute approximate surface area is 103 Å². The normalized spacial score (nSPS) is 9.88. The Morgan fingerprint density at radius 3 is 2.59 bits per heavy atom. The number of allylic oxidation sites excluding steroid dienone is 2. The largest absolute Gasteiger partial charge is 0.497 e. The summed E-state index contributed by atoms with van der Waals surface area (Å²) in [7, 11) is 3.25. The van der Waals surface area contributed by atoms with E-state index in [1.54, 1.807) is 14.2 Å². The Morgan fingerprint density at radius 1 is 1.24 bits per heavy atom. The molecular weight excluding hydrogens is 216 g/mol. The predicted octanol–water partition coefficient (Wildman–Crippen LogP) is 3.19. The van der Waals surface area contributed by atoms with Crippen molar-refractivity contribution in [3.8, 4) is 11.5 Å². The van der Waals surface area contributed by atoms with Gasteiger partial charge in [-0.05, 0) is 31.9 Å². The molecule has 0 radical (unpaired) electrons. The summed E-state index contributed by atoms with van der Waals surface area (Å²) in [5.74, 6) is 1.60. The number of hydrogen-bond donors (Lipinski definition) is 0. The summed E-state index contributed by atoms with van der Waals surface area (Å²) in [6.45, 7) is 4.41. The van der Waals surface area contributed by atoms with Crippen LogP contribution in [-0.4, -0.2) is 21.0 Å². The molecule has 0 atom stereocenters. The molecule has 3 heteroatoms. The molecule has 1 rings (SSSR count). The van der Waals surface area contributed by atoms with E-state index in [0.717, 1.165) is 23.5 Å². The third kappa shape index (κ3) is 4.49. The van der Waals surface area contributed by atoms with Crippen molar-refractivity contribution in [3.05, 3.63) is 35.4 Å². The summed E-state index contributed by atoms with van der Waals surface area (Å²) in [5.41, 5.74) is 2.42. The zero-order valence-electron chi connectivity index (χ0n) is 10.9. The molecular formula is C14H20O3. The maximum atomic E-state index is 5.53. The van der Waals surface area contributed by atoms with Crippen molar-refractivity contribution in [1.82, 2.24) is 0 Å². The minimum absolute atomic E-state index is 0.245. The molecule has 0 aliphatic heterocycles. The lowest BCUT2D eigenvalue weighted by Gasteiger charge is -2.11. The highest BCUT2D eigenvalue weighted by atomic mass is 16.7. The molecule has 0 bridgehead atoms. The van der Waals surface area contributed by atoms with Crippen LogP contribution in [0.2, 0.25) is 0 Å². The Morgan fingerprint density at radius 2 is 2.00 bits per heavy atom. The summed E-state index contributed by atoms with van der Waals surface area (Å²) in [6.07, 6.45) is 3.02. The molecule has 0 N–H and O–H groups in total. The number of ether oxygens (including phenoxy) is 3. The zero-order chi connectivity index (χ0) is 12.7. The monoisotopic (exact) mass is 236 g/mol. The lowest BCUT2D eigenvalue weighted by Crippen LogP contribution is -2.02. The van der Waals surface area contributed by atoms with Crippen LogP contribution in [0.5, 0.6) is 11.5 Å². The van der Waals surface area contributed by atoms with Crippen LogP contribution < -0.4 is 9.47 Å². The van der Waals surface area contributed by atoms with Gasteiger partial charge < -0.3 is 14.2 Å². The molecule has 17 heavy (non-hydrogen) atoms. The fourth-order valence-corrected chi connectivity index (χ4v) is 1.40. The van der Waals surface area contributed by atoms with Gasteiger partial charge in [-0.15, -0.1) is 0 Å². The van der Waals surface area contributed by atoms with Gasteiger partial charge in [-0.1, -0.05) is 17.7 Å². The topological polar surface area (TPSA) is 27.7 Å². The molecule has 1 aromatic rings. The SMILES string of the molecule is COCOc1cc(OC)ccc1CC=C(C)C. The van der Waals surface area contributed by atoms with Crippen molar-refractivity contribution in [3.63, 3.8) is 0 Å². The molecule has 94 valence electrons.